The largest absolute Gasteiger partial charge is 0.454 e. The quantitative estimate of drug-likeness (QED) is 0.484. The number of rotatable bonds is 3. The summed E-state index contributed by atoms with van der Waals surface area (Å²) in [7, 11) is 0. The number of nitrogens with two attached hydrogens (primary N) is 3. The van der Waals surface area contributed by atoms with Gasteiger partial charge in [0.05, 0.1) is 5.69 Å². The molecule has 6 N–H and O–H groups in total. The van der Waals surface area contributed by atoms with E-state index in [1.807, 2.05) is 18.2 Å². The standard InChI is InChI=1S/C18H17BrN6O3/c19-13-5-10(23-18(22)24-17(20)21)4-11-12(13)7-25(16(11)26)6-9-1-2-14-15(3-9)28-8-27-14/h1-5H,6-8H2,(H6,20,21,22,23,24). The topological polar surface area (TPSA) is 142 Å². The van der Waals surface area contributed by atoms with Gasteiger partial charge in [-0.15, -0.1) is 0 Å². The van der Waals surface area contributed by atoms with Crippen molar-refractivity contribution in [3.05, 3.63) is 51.5 Å². The zero-order chi connectivity index (χ0) is 19.8. The van der Waals surface area contributed by atoms with E-state index < -0.39 is 0 Å². The lowest BCUT2D eigenvalue weighted by Gasteiger charge is -2.16. The van der Waals surface area contributed by atoms with E-state index in [9.17, 15) is 4.79 Å². The van der Waals surface area contributed by atoms with Gasteiger partial charge in [0.25, 0.3) is 5.91 Å². The van der Waals surface area contributed by atoms with Crippen LogP contribution in [0, 0.1) is 0 Å². The van der Waals surface area contributed by atoms with E-state index in [0.29, 0.717) is 35.8 Å². The van der Waals surface area contributed by atoms with Crippen LogP contribution < -0.4 is 26.7 Å². The first kappa shape index (κ1) is 18.1. The predicted octanol–water partition coefficient (Wildman–Crippen LogP) is 1.55. The van der Waals surface area contributed by atoms with Crippen LogP contribution in [0.2, 0.25) is 0 Å². The molecule has 0 bridgehead atoms. The molecule has 0 unspecified atom stereocenters. The molecule has 0 saturated carbocycles. The van der Waals surface area contributed by atoms with Crippen molar-refractivity contribution in [2.45, 2.75) is 13.1 Å². The van der Waals surface area contributed by atoms with Crippen molar-refractivity contribution in [3.63, 3.8) is 0 Å². The van der Waals surface area contributed by atoms with Crippen LogP contribution in [0.3, 0.4) is 0 Å². The Bertz CT molecular complexity index is 1030. The molecule has 2 aromatic carbocycles. The van der Waals surface area contributed by atoms with Crippen LogP contribution in [0.1, 0.15) is 21.5 Å². The second-order valence-corrected chi connectivity index (χ2v) is 7.16. The Kier molecular flexibility index (Phi) is 4.55. The Morgan fingerprint density at radius 1 is 1.14 bits per heavy atom. The van der Waals surface area contributed by atoms with Gasteiger partial charge in [-0.3, -0.25) is 4.79 Å². The maximum absolute atomic E-state index is 12.9. The molecule has 0 atom stereocenters. The van der Waals surface area contributed by atoms with Crippen molar-refractivity contribution < 1.29 is 14.3 Å². The van der Waals surface area contributed by atoms with Crippen molar-refractivity contribution in [1.29, 1.82) is 0 Å². The molecule has 2 aromatic rings. The van der Waals surface area contributed by atoms with Gasteiger partial charge < -0.3 is 31.6 Å². The summed E-state index contributed by atoms with van der Waals surface area (Å²) in [4.78, 5) is 22.5. The van der Waals surface area contributed by atoms with E-state index in [2.05, 4.69) is 25.9 Å². The van der Waals surface area contributed by atoms with Crippen LogP contribution in [-0.4, -0.2) is 29.5 Å². The second kappa shape index (κ2) is 7.04. The Morgan fingerprint density at radius 3 is 2.71 bits per heavy atom. The number of hydrogen-bond acceptors (Lipinski definition) is 4. The number of hydrogen-bond donors (Lipinski definition) is 3. The lowest BCUT2D eigenvalue weighted by molar-refractivity contribution is 0.0766. The molecule has 2 heterocycles. The molecule has 0 radical (unpaired) electrons. The van der Waals surface area contributed by atoms with Gasteiger partial charge in [0, 0.05) is 23.1 Å². The van der Waals surface area contributed by atoms with Gasteiger partial charge in [0.1, 0.15) is 0 Å². The first-order chi connectivity index (χ1) is 13.4. The Morgan fingerprint density at radius 2 is 1.93 bits per heavy atom. The number of aliphatic imine (C=N–C) groups is 2. The van der Waals surface area contributed by atoms with Gasteiger partial charge in [-0.05, 0) is 35.4 Å². The van der Waals surface area contributed by atoms with Crippen LogP contribution >= 0.6 is 15.9 Å². The molecule has 1 amide bonds. The lowest BCUT2D eigenvalue weighted by Crippen LogP contribution is -2.26. The molecule has 0 spiro atoms. The third kappa shape index (κ3) is 3.46. The molecule has 4 rings (SSSR count). The van der Waals surface area contributed by atoms with Gasteiger partial charge in [0.2, 0.25) is 12.8 Å². The van der Waals surface area contributed by atoms with E-state index in [4.69, 9.17) is 26.7 Å². The fourth-order valence-corrected chi connectivity index (χ4v) is 3.72. The second-order valence-electron chi connectivity index (χ2n) is 6.31. The van der Waals surface area contributed by atoms with Crippen molar-refractivity contribution in [2.75, 3.05) is 6.79 Å². The SMILES string of the molecule is NC(N)=NC(N)=Nc1cc(Br)c2c(c1)C(=O)N(Cc1ccc3c(c1)OCO3)C2. The first-order valence-electron chi connectivity index (χ1n) is 8.35. The summed E-state index contributed by atoms with van der Waals surface area (Å²) >= 11 is 3.51. The molecule has 10 heteroatoms. The average molecular weight is 445 g/mol. The summed E-state index contributed by atoms with van der Waals surface area (Å²) in [5.41, 5.74) is 19.2. The van der Waals surface area contributed by atoms with Gasteiger partial charge in [-0.2, -0.15) is 4.99 Å². The minimum Gasteiger partial charge on any atom is -0.454 e. The fraction of sp³-hybridized carbons (Fsp3) is 0.167. The normalized spacial score (nSPS) is 15.0. The summed E-state index contributed by atoms with van der Waals surface area (Å²) in [5, 5.41) is 0. The number of nitrogens with zero attached hydrogens (tertiary/aromatic N) is 3. The molecule has 0 aliphatic carbocycles. The third-order valence-corrected chi connectivity index (χ3v) is 5.05. The van der Waals surface area contributed by atoms with E-state index in [0.717, 1.165) is 15.6 Å². The summed E-state index contributed by atoms with van der Waals surface area (Å²) in [6.07, 6.45) is 0. The number of guanidine groups is 2. The van der Waals surface area contributed by atoms with Crippen molar-refractivity contribution in [1.82, 2.24) is 4.90 Å². The molecular weight excluding hydrogens is 428 g/mol. The van der Waals surface area contributed by atoms with Gasteiger partial charge in [-0.25, -0.2) is 4.99 Å². The summed E-state index contributed by atoms with van der Waals surface area (Å²) in [6, 6.07) is 9.10. The Hall–Kier alpha value is -3.27. The van der Waals surface area contributed by atoms with Gasteiger partial charge in [0.15, 0.2) is 17.5 Å². The molecule has 0 aromatic heterocycles. The molecular formula is C18H17BrN6O3. The fourth-order valence-electron chi connectivity index (χ4n) is 3.15. The van der Waals surface area contributed by atoms with Crippen LogP contribution in [-0.2, 0) is 13.1 Å². The first-order valence-corrected chi connectivity index (χ1v) is 9.14. The molecule has 28 heavy (non-hydrogen) atoms. The van der Waals surface area contributed by atoms with Crippen LogP contribution in [0.25, 0.3) is 0 Å². The summed E-state index contributed by atoms with van der Waals surface area (Å²) in [5.74, 6) is 1.03. The molecule has 2 aliphatic heterocycles. The zero-order valence-electron chi connectivity index (χ0n) is 14.7. The van der Waals surface area contributed by atoms with E-state index in [-0.39, 0.29) is 24.6 Å². The van der Waals surface area contributed by atoms with Gasteiger partial charge in [-0.1, -0.05) is 22.0 Å². The van der Waals surface area contributed by atoms with E-state index >= 15 is 0 Å². The summed E-state index contributed by atoms with van der Waals surface area (Å²) < 4.78 is 11.5. The van der Waals surface area contributed by atoms with Crippen molar-refractivity contribution in [3.8, 4) is 11.5 Å². The molecule has 144 valence electrons. The molecule has 0 fully saturated rings. The maximum atomic E-state index is 12.9. The van der Waals surface area contributed by atoms with Crippen LogP contribution in [0.5, 0.6) is 11.5 Å². The van der Waals surface area contributed by atoms with Crippen LogP contribution in [0.15, 0.2) is 44.8 Å². The number of ether oxygens (including phenoxy) is 2. The lowest BCUT2D eigenvalue weighted by atomic mass is 10.1. The molecule has 2 aliphatic rings. The van der Waals surface area contributed by atoms with Crippen LogP contribution in [0.4, 0.5) is 5.69 Å². The highest BCUT2D eigenvalue weighted by atomic mass is 79.9. The minimum atomic E-state index is -0.188. The summed E-state index contributed by atoms with van der Waals surface area (Å²) in [6.45, 7) is 1.15. The van der Waals surface area contributed by atoms with Crippen molar-refractivity contribution >= 4 is 39.4 Å². The molecule has 9 nitrogen and oxygen atoms in total. The highest BCUT2D eigenvalue weighted by Crippen LogP contribution is 2.36. The van der Waals surface area contributed by atoms with E-state index in [1.54, 1.807) is 17.0 Å². The third-order valence-electron chi connectivity index (χ3n) is 4.34. The zero-order valence-corrected chi connectivity index (χ0v) is 16.3. The Balaban J connectivity index is 1.58. The predicted molar refractivity (Wildman–Crippen MR) is 107 cm³/mol. The number of amides is 1. The van der Waals surface area contributed by atoms with E-state index in [1.165, 1.54) is 0 Å². The number of halogens is 1. The monoisotopic (exact) mass is 444 g/mol. The Labute approximate surface area is 168 Å². The molecule has 0 saturated heterocycles. The highest BCUT2D eigenvalue weighted by molar-refractivity contribution is 9.10. The average Bonchev–Trinajstić information content (AvgIpc) is 3.20. The number of fused-ring (bicyclic) bond motifs is 2. The minimum absolute atomic E-state index is 0.0884. The van der Waals surface area contributed by atoms with Crippen molar-refractivity contribution in [2.24, 2.45) is 27.2 Å². The number of carbonyl (C=O) groups is 1. The number of benzene rings is 2. The highest BCUT2D eigenvalue weighted by Gasteiger charge is 2.30. The smallest absolute Gasteiger partial charge is 0.254 e. The number of carbonyl (C=O) groups excluding carboxylic acids is 1. The van der Waals surface area contributed by atoms with Gasteiger partial charge >= 0.3 is 0 Å². The maximum Gasteiger partial charge on any atom is 0.254 e.